The SMILES string of the molecule is [C-]#[N+]C(CC(=O)[O-])C(=O)[O-].[C-]#[N+]C(CC(=O)[O-])C(=O)[O-].[C-]#[N+]C(CC(=O)[O-])C(=O)[O-].[C-]#[O+].[C-]#[O+].[C-]#[O+].[Mo]. The molecule has 19 heteroatoms. The zero-order chi connectivity index (χ0) is 30.4. The van der Waals surface area contributed by atoms with Crippen LogP contribution in [0.3, 0.4) is 0 Å². The first kappa shape index (κ1) is 49.4. The third-order valence-electron chi connectivity index (χ3n) is 2.36. The molecule has 0 aliphatic carbocycles. The summed E-state index contributed by atoms with van der Waals surface area (Å²) in [5.74, 6) is -9.74. The summed E-state index contributed by atoms with van der Waals surface area (Å²) in [6, 6.07) is -4.86. The minimum absolute atomic E-state index is 0. The predicted molar refractivity (Wildman–Crippen MR) is 86.9 cm³/mol. The van der Waals surface area contributed by atoms with E-state index in [1.54, 1.807) is 0 Å². The average molecular weight is 603 g/mol. The maximum atomic E-state index is 9.85. The van der Waals surface area contributed by atoms with Crippen LogP contribution in [0.25, 0.3) is 14.5 Å². The molecule has 0 N–H and O–H groups in total. The van der Waals surface area contributed by atoms with Crippen molar-refractivity contribution in [1.29, 1.82) is 0 Å². The Hall–Kier alpha value is -4.80. The number of carbonyl (C=O) groups excluding carboxylic acids is 6. The normalized spacial score (nSPS) is 9.49. The van der Waals surface area contributed by atoms with Gasteiger partial charge in [0, 0.05) is 39.0 Å². The van der Waals surface area contributed by atoms with Gasteiger partial charge in [-0.15, -0.1) is 0 Å². The quantitative estimate of drug-likeness (QED) is 0.135. The number of carbonyl (C=O) groups is 6. The van der Waals surface area contributed by atoms with E-state index in [9.17, 15) is 59.4 Å². The Labute approximate surface area is 222 Å². The number of carboxylic acids is 6. The van der Waals surface area contributed by atoms with Crippen molar-refractivity contribution in [3.05, 3.63) is 54.2 Å². The Bertz CT molecular complexity index is 803. The van der Waals surface area contributed by atoms with Crippen LogP contribution >= 0.6 is 0 Å². The van der Waals surface area contributed by atoms with Gasteiger partial charge in [0.25, 0.3) is 18.1 Å². The Morgan fingerprint density at radius 3 is 0.649 bits per heavy atom. The molecule has 3 unspecified atom stereocenters. The van der Waals surface area contributed by atoms with Gasteiger partial charge < -0.3 is 73.9 Å². The third kappa shape index (κ3) is 41.9. The molecule has 198 valence electrons. The van der Waals surface area contributed by atoms with Crippen molar-refractivity contribution in [2.75, 3.05) is 0 Å². The monoisotopic (exact) mass is 605 g/mol. The van der Waals surface area contributed by atoms with E-state index in [0.29, 0.717) is 0 Å². The Morgan fingerprint density at radius 1 is 0.486 bits per heavy atom. The Balaban J connectivity index is -0.0000000651. The van der Waals surface area contributed by atoms with Gasteiger partial charge in [-0.3, -0.25) is 0 Å². The molecule has 0 aliphatic rings. The Kier molecular flexibility index (Phi) is 47.7. The zero-order valence-electron chi connectivity index (χ0n) is 17.7. The second kappa shape index (κ2) is 35.8. The molecule has 0 amide bonds. The maximum absolute atomic E-state index is 9.85. The topological polar surface area (TPSA) is 314 Å². The predicted octanol–water partition coefficient (Wildman–Crippen LogP) is -8.62. The van der Waals surface area contributed by atoms with Gasteiger partial charge in [-0.1, -0.05) is 0 Å². The molecule has 3 atom stereocenters. The molecule has 0 radical (unpaired) electrons. The summed E-state index contributed by atoms with van der Waals surface area (Å²) in [4.78, 5) is 66.2. The molecule has 0 heterocycles. The van der Waals surface area contributed by atoms with Crippen LogP contribution in [0.5, 0.6) is 0 Å². The van der Waals surface area contributed by atoms with Crippen molar-refractivity contribution in [1.82, 2.24) is 0 Å². The minimum Gasteiger partial charge on any atom is 0 e. The van der Waals surface area contributed by atoms with Gasteiger partial charge in [0.2, 0.25) is 0 Å². The van der Waals surface area contributed by atoms with Gasteiger partial charge in [0.15, 0.2) is 0 Å². The van der Waals surface area contributed by atoms with Crippen LogP contribution in [-0.4, -0.2) is 53.9 Å². The van der Waals surface area contributed by atoms with Crippen LogP contribution in [0.2, 0.25) is 0 Å². The summed E-state index contributed by atoms with van der Waals surface area (Å²) in [6.45, 7) is 32.1. The summed E-state index contributed by atoms with van der Waals surface area (Å²) >= 11 is 0. The van der Waals surface area contributed by atoms with Crippen molar-refractivity contribution < 1.29 is 94.4 Å². The van der Waals surface area contributed by atoms with Crippen molar-refractivity contribution in [3.63, 3.8) is 0 Å². The molecule has 0 aromatic carbocycles. The molecule has 0 bridgehead atoms. The van der Waals surface area contributed by atoms with Crippen molar-refractivity contribution >= 4 is 35.8 Å². The van der Waals surface area contributed by atoms with Crippen LogP contribution in [0.1, 0.15) is 19.3 Å². The smallest absolute Gasteiger partial charge is 0 e. The van der Waals surface area contributed by atoms with Crippen molar-refractivity contribution in [2.45, 2.75) is 37.4 Å². The van der Waals surface area contributed by atoms with E-state index in [0.717, 1.165) is 0 Å². The average Bonchev–Trinajstić information content (AvgIpc) is 2.83. The number of carboxylic acid groups (broad SMARTS) is 6. The number of aliphatic carboxylic acids is 6. The second-order valence-electron chi connectivity index (χ2n) is 4.62. The number of nitrogens with zero attached hydrogens (tertiary/aromatic N) is 3. The molecule has 0 aromatic rings. The van der Waals surface area contributed by atoms with Crippen LogP contribution in [0.15, 0.2) is 0 Å². The first-order valence-corrected chi connectivity index (χ1v) is 7.66. The van der Waals surface area contributed by atoms with Gasteiger partial charge in [-0.25, -0.2) is 19.7 Å². The maximum Gasteiger partial charge on any atom is 0 e. The van der Waals surface area contributed by atoms with E-state index in [2.05, 4.69) is 34.5 Å². The molecule has 18 nitrogen and oxygen atoms in total. The molecular weight excluding hydrogens is 594 g/mol. The van der Waals surface area contributed by atoms with Gasteiger partial charge in [-0.2, -0.15) is 0 Å². The van der Waals surface area contributed by atoms with E-state index in [1.807, 2.05) is 0 Å². The van der Waals surface area contributed by atoms with Crippen molar-refractivity contribution in [2.24, 2.45) is 0 Å². The van der Waals surface area contributed by atoms with E-state index >= 15 is 0 Å². The minimum atomic E-state index is -1.68. The largest absolute Gasteiger partial charge is 0 e. The van der Waals surface area contributed by atoms with E-state index in [4.69, 9.17) is 33.7 Å². The summed E-state index contributed by atoms with van der Waals surface area (Å²) in [5, 5.41) is 58.7. The molecule has 0 saturated carbocycles. The fourth-order valence-electron chi connectivity index (χ4n) is 1.02. The summed E-state index contributed by atoms with van der Waals surface area (Å²) < 4.78 is 22.5. The zero-order valence-corrected chi connectivity index (χ0v) is 19.7. The van der Waals surface area contributed by atoms with Crippen LogP contribution in [-0.2, 0) is 63.8 Å². The molecule has 0 aromatic heterocycles. The number of rotatable bonds is 9. The van der Waals surface area contributed by atoms with Gasteiger partial charge >= 0.3 is 33.9 Å². The number of hydrogen-bond acceptors (Lipinski definition) is 12. The van der Waals surface area contributed by atoms with E-state index < -0.39 is 73.2 Å². The first-order chi connectivity index (χ1) is 16.7. The van der Waals surface area contributed by atoms with Crippen LogP contribution in [0.4, 0.5) is 0 Å². The molecule has 0 spiro atoms. The molecule has 37 heavy (non-hydrogen) atoms. The molecule has 0 rings (SSSR count). The summed E-state index contributed by atoms with van der Waals surface area (Å²) in [5.41, 5.74) is 0. The fourth-order valence-corrected chi connectivity index (χ4v) is 1.02. The molecule has 0 aliphatic heterocycles. The van der Waals surface area contributed by atoms with Crippen molar-refractivity contribution in [3.8, 4) is 0 Å². The third-order valence-corrected chi connectivity index (χ3v) is 2.36. The van der Waals surface area contributed by atoms with Gasteiger partial charge in [-0.05, 0) is 0 Å². The second-order valence-corrected chi connectivity index (χ2v) is 4.62. The van der Waals surface area contributed by atoms with Gasteiger partial charge in [0.05, 0.1) is 19.3 Å². The Morgan fingerprint density at radius 2 is 0.622 bits per heavy atom. The molecule has 0 saturated heterocycles. The molecule has 0 fully saturated rings. The number of hydrogen-bond donors (Lipinski definition) is 0. The van der Waals surface area contributed by atoms with E-state index in [-0.39, 0.29) is 21.1 Å². The summed E-state index contributed by atoms with van der Waals surface area (Å²) in [7, 11) is 0. The van der Waals surface area contributed by atoms with Gasteiger partial charge in [0.1, 0.15) is 17.9 Å². The fraction of sp³-hybridized carbons (Fsp3) is 0.333. The standard InChI is InChI=1S/3C5H5NO4.3CO.Mo/c3*1-6-3(5(9)10)2-4(7)8;3*1-2;/h3*3H,2H2,(H,7,8)(H,9,10);;;;/p-6. The summed E-state index contributed by atoms with van der Waals surface area (Å²) in [6.07, 6.45) is -2.44. The molecular formula is C18H9MoN3O15-6. The van der Waals surface area contributed by atoms with E-state index in [1.165, 1.54) is 0 Å². The first-order valence-electron chi connectivity index (χ1n) is 7.66. The van der Waals surface area contributed by atoms with Crippen LogP contribution < -0.4 is 30.6 Å². The van der Waals surface area contributed by atoms with Crippen LogP contribution in [0, 0.1) is 39.7 Å².